The minimum Gasteiger partial charge on any atom is -0.446 e. The zero-order chi connectivity index (χ0) is 25.9. The second-order valence-electron chi connectivity index (χ2n) is 9.95. The van der Waals surface area contributed by atoms with Crippen LogP contribution < -0.4 is 0 Å². The van der Waals surface area contributed by atoms with E-state index in [1.165, 1.54) is 4.31 Å². The number of hydrogen-bond donors (Lipinski definition) is 0. The third kappa shape index (κ3) is 3.55. The fourth-order valence-corrected chi connectivity index (χ4v) is 7.11. The lowest BCUT2D eigenvalue weighted by Crippen LogP contribution is -2.25. The second kappa shape index (κ2) is 8.40. The summed E-state index contributed by atoms with van der Waals surface area (Å²) in [5.74, 6) is -0.413. The van der Waals surface area contributed by atoms with Gasteiger partial charge in [0.15, 0.2) is 5.60 Å². The van der Waals surface area contributed by atoms with Crippen LogP contribution in [0, 0.1) is 13.8 Å². The zero-order valence-electron chi connectivity index (χ0n) is 21.0. The van der Waals surface area contributed by atoms with Crippen molar-refractivity contribution < 1.29 is 17.9 Å². The van der Waals surface area contributed by atoms with Gasteiger partial charge in [0.2, 0.25) is 10.0 Å². The number of fused-ring (bicyclic) bond motifs is 3. The van der Waals surface area contributed by atoms with Gasteiger partial charge in [0, 0.05) is 18.7 Å². The number of benzene rings is 4. The number of aryl methyl sites for hydroxylation is 1. The van der Waals surface area contributed by atoms with Gasteiger partial charge >= 0.3 is 5.97 Å². The Bertz CT molecular complexity index is 1650. The number of nitrogens with zero attached hydrogens (tertiary/aromatic N) is 1. The Morgan fingerprint density at radius 3 is 2.03 bits per heavy atom. The zero-order valence-corrected chi connectivity index (χ0v) is 21.8. The molecule has 0 fully saturated rings. The first-order chi connectivity index (χ1) is 17.7. The molecule has 0 unspecified atom stereocenters. The highest BCUT2D eigenvalue weighted by atomic mass is 32.2. The van der Waals surface area contributed by atoms with Gasteiger partial charge in [0.1, 0.15) is 0 Å². The topological polar surface area (TPSA) is 63.7 Å². The van der Waals surface area contributed by atoms with Crippen LogP contribution >= 0.6 is 0 Å². The molecule has 37 heavy (non-hydrogen) atoms. The molecule has 186 valence electrons. The maximum absolute atomic E-state index is 13.6. The highest BCUT2D eigenvalue weighted by Gasteiger charge is 2.49. The Morgan fingerprint density at radius 2 is 1.38 bits per heavy atom. The molecule has 0 saturated carbocycles. The van der Waals surface area contributed by atoms with E-state index in [0.29, 0.717) is 5.56 Å². The van der Waals surface area contributed by atoms with Gasteiger partial charge in [-0.1, -0.05) is 78.4 Å². The molecule has 6 heteroatoms. The van der Waals surface area contributed by atoms with Gasteiger partial charge in [-0.25, -0.2) is 13.2 Å². The first-order valence-corrected chi connectivity index (χ1v) is 13.8. The molecule has 1 atom stereocenters. The smallest absolute Gasteiger partial charge is 0.340 e. The van der Waals surface area contributed by atoms with Crippen molar-refractivity contribution in [3.05, 3.63) is 124 Å². The van der Waals surface area contributed by atoms with Gasteiger partial charge in [-0.05, 0) is 66.3 Å². The molecule has 0 N–H and O–H groups in total. The summed E-state index contributed by atoms with van der Waals surface area (Å²) < 4.78 is 34.9. The molecule has 0 aliphatic carbocycles. The molecule has 0 radical (unpaired) electrons. The van der Waals surface area contributed by atoms with Gasteiger partial charge in [-0.3, -0.25) is 0 Å². The van der Waals surface area contributed by atoms with Crippen LogP contribution in [-0.4, -0.2) is 18.7 Å². The van der Waals surface area contributed by atoms with Crippen molar-refractivity contribution in [2.75, 3.05) is 0 Å². The lowest BCUT2D eigenvalue weighted by Gasteiger charge is -2.28. The largest absolute Gasteiger partial charge is 0.446 e. The molecule has 0 spiro atoms. The highest BCUT2D eigenvalue weighted by molar-refractivity contribution is 7.89. The number of cyclic esters (lactones) is 1. The molecule has 4 aromatic rings. The summed E-state index contributed by atoms with van der Waals surface area (Å²) >= 11 is 0. The summed E-state index contributed by atoms with van der Waals surface area (Å²) in [5, 5.41) is 0. The Balaban J connectivity index is 1.59. The summed E-state index contributed by atoms with van der Waals surface area (Å²) in [4.78, 5) is 13.8. The molecule has 2 heterocycles. The van der Waals surface area contributed by atoms with E-state index in [2.05, 4.69) is 0 Å². The van der Waals surface area contributed by atoms with Gasteiger partial charge in [-0.15, -0.1) is 0 Å². The number of ether oxygens (including phenoxy) is 1. The maximum Gasteiger partial charge on any atom is 0.340 e. The Morgan fingerprint density at radius 1 is 0.784 bits per heavy atom. The van der Waals surface area contributed by atoms with Gasteiger partial charge in [0.05, 0.1) is 10.5 Å². The lowest BCUT2D eigenvalue weighted by atomic mass is 9.77. The molecule has 6 rings (SSSR count). The maximum atomic E-state index is 13.6. The number of esters is 1. The van der Waals surface area contributed by atoms with Crippen LogP contribution in [-0.2, 0) is 33.5 Å². The first-order valence-electron chi connectivity index (χ1n) is 12.3. The van der Waals surface area contributed by atoms with Crippen molar-refractivity contribution in [2.45, 2.75) is 44.4 Å². The third-order valence-corrected chi connectivity index (χ3v) is 9.49. The molecule has 4 aromatic carbocycles. The SMILES string of the molecule is Cc1ccc(S(=O)(=O)N2Cc3c(C)c(-c4ccccc4)c4c(c3C2)C(=O)O[C@]4(C)c2ccccc2)cc1. The third-order valence-electron chi connectivity index (χ3n) is 7.69. The van der Waals surface area contributed by atoms with E-state index in [1.807, 2.05) is 81.4 Å². The minimum absolute atomic E-state index is 0.129. The van der Waals surface area contributed by atoms with E-state index in [1.54, 1.807) is 24.3 Å². The van der Waals surface area contributed by atoms with Gasteiger partial charge in [-0.2, -0.15) is 4.31 Å². The van der Waals surface area contributed by atoms with E-state index >= 15 is 0 Å². The Labute approximate surface area is 217 Å². The predicted octanol–water partition coefficient (Wildman–Crippen LogP) is 6.11. The Hall–Kier alpha value is -3.74. The molecule has 5 nitrogen and oxygen atoms in total. The standard InChI is InChI=1S/C31H27NO4S/c1-20-14-16-24(17-15-20)37(34,35)32-18-25-21(2)27(22-10-6-4-7-11-22)29-28(26(25)19-32)30(33)36-31(29,3)23-12-8-5-9-13-23/h4-17H,18-19H2,1-3H3/t31-/m1/s1. The summed E-state index contributed by atoms with van der Waals surface area (Å²) in [7, 11) is -3.75. The van der Waals surface area contributed by atoms with Crippen molar-refractivity contribution >= 4 is 16.0 Å². The minimum atomic E-state index is -3.75. The van der Waals surface area contributed by atoms with Gasteiger partial charge < -0.3 is 4.74 Å². The fraction of sp³-hybridized carbons (Fsp3) is 0.194. The van der Waals surface area contributed by atoms with Crippen LogP contribution in [0.25, 0.3) is 11.1 Å². The predicted molar refractivity (Wildman–Crippen MR) is 143 cm³/mol. The summed E-state index contributed by atoms with van der Waals surface area (Å²) in [6.07, 6.45) is 0. The van der Waals surface area contributed by atoms with Crippen LogP contribution in [0.1, 0.15) is 50.7 Å². The number of sulfonamides is 1. The molecule has 0 bridgehead atoms. The van der Waals surface area contributed by atoms with Crippen molar-refractivity contribution in [3.63, 3.8) is 0 Å². The van der Waals surface area contributed by atoms with E-state index in [9.17, 15) is 13.2 Å². The van der Waals surface area contributed by atoms with Crippen molar-refractivity contribution in [1.29, 1.82) is 0 Å². The Kier molecular flexibility index (Phi) is 5.37. The quantitative estimate of drug-likeness (QED) is 0.312. The molecular weight excluding hydrogens is 482 g/mol. The van der Waals surface area contributed by atoms with Crippen molar-refractivity contribution in [3.8, 4) is 11.1 Å². The molecule has 2 aliphatic rings. The van der Waals surface area contributed by atoms with Crippen molar-refractivity contribution in [1.82, 2.24) is 4.31 Å². The van der Waals surface area contributed by atoms with Gasteiger partial charge in [0.25, 0.3) is 0 Å². The lowest BCUT2D eigenvalue weighted by molar-refractivity contribution is 0.0181. The number of carbonyl (C=O) groups is 1. The monoisotopic (exact) mass is 509 g/mol. The van der Waals surface area contributed by atoms with E-state index in [4.69, 9.17) is 4.74 Å². The molecular formula is C31H27NO4S. The van der Waals surface area contributed by atoms with E-state index in [0.717, 1.165) is 44.5 Å². The number of carbonyl (C=O) groups excluding carboxylic acids is 1. The average molecular weight is 510 g/mol. The summed E-state index contributed by atoms with van der Waals surface area (Å²) in [6, 6.07) is 26.6. The van der Waals surface area contributed by atoms with Crippen LogP contribution in [0.4, 0.5) is 0 Å². The fourth-order valence-electron chi connectivity index (χ4n) is 5.73. The van der Waals surface area contributed by atoms with Crippen molar-refractivity contribution in [2.24, 2.45) is 0 Å². The molecule has 0 saturated heterocycles. The second-order valence-corrected chi connectivity index (χ2v) is 11.9. The molecule has 2 aliphatic heterocycles. The first kappa shape index (κ1) is 23.6. The van der Waals surface area contributed by atoms with Crippen LogP contribution in [0.15, 0.2) is 89.8 Å². The summed E-state index contributed by atoms with van der Waals surface area (Å²) in [6.45, 7) is 6.22. The normalized spacial score (nSPS) is 18.9. The van der Waals surface area contributed by atoms with Crippen LogP contribution in [0.5, 0.6) is 0 Å². The van der Waals surface area contributed by atoms with E-state index < -0.39 is 21.6 Å². The number of rotatable bonds is 4. The van der Waals surface area contributed by atoms with E-state index in [-0.39, 0.29) is 18.0 Å². The number of hydrogen-bond acceptors (Lipinski definition) is 4. The molecule has 0 amide bonds. The van der Waals surface area contributed by atoms with Crippen LogP contribution in [0.3, 0.4) is 0 Å². The molecule has 0 aromatic heterocycles. The average Bonchev–Trinajstić information content (AvgIpc) is 3.46. The van der Waals surface area contributed by atoms with Crippen LogP contribution in [0.2, 0.25) is 0 Å². The summed E-state index contributed by atoms with van der Waals surface area (Å²) in [5.41, 5.74) is 6.67. The highest BCUT2D eigenvalue weighted by Crippen LogP contribution is 2.51.